The predicted molar refractivity (Wildman–Crippen MR) is 68.5 cm³/mol. The summed E-state index contributed by atoms with van der Waals surface area (Å²) in [6.45, 7) is 15.1. The van der Waals surface area contributed by atoms with Gasteiger partial charge in [-0.1, -0.05) is 20.8 Å². The summed E-state index contributed by atoms with van der Waals surface area (Å²) in [7, 11) is 0. The zero-order valence-electron chi connectivity index (χ0n) is 11.6. The van der Waals surface area contributed by atoms with E-state index in [9.17, 15) is 0 Å². The molecule has 1 aromatic rings. The maximum absolute atomic E-state index is 5.91. The molecule has 0 amide bonds. The molecule has 0 aliphatic carbocycles. The second-order valence-electron chi connectivity index (χ2n) is 6.58. The molecule has 0 saturated carbocycles. The zero-order valence-corrected chi connectivity index (χ0v) is 11.6. The second-order valence-corrected chi connectivity index (χ2v) is 6.58. The van der Waals surface area contributed by atoms with Crippen LogP contribution in [0.25, 0.3) is 0 Å². The Morgan fingerprint density at radius 1 is 1.19 bits per heavy atom. The van der Waals surface area contributed by atoms with E-state index in [-0.39, 0.29) is 17.0 Å². The Morgan fingerprint density at radius 2 is 1.69 bits per heavy atom. The fourth-order valence-electron chi connectivity index (χ4n) is 1.67. The van der Waals surface area contributed by atoms with Gasteiger partial charge in [-0.3, -0.25) is 4.68 Å². The molecule has 16 heavy (non-hydrogen) atoms. The third kappa shape index (κ3) is 2.64. The normalized spacial score (nSPS) is 15.2. The smallest absolute Gasteiger partial charge is 0.0792 e. The van der Waals surface area contributed by atoms with Crippen molar-refractivity contribution in [3.8, 4) is 0 Å². The van der Waals surface area contributed by atoms with Gasteiger partial charge < -0.3 is 5.73 Å². The van der Waals surface area contributed by atoms with Gasteiger partial charge in [0, 0.05) is 17.2 Å². The lowest BCUT2D eigenvalue weighted by molar-refractivity contribution is 0.320. The Bertz CT molecular complexity index is 330. The molecule has 0 spiro atoms. The van der Waals surface area contributed by atoms with Gasteiger partial charge in [-0.2, -0.15) is 5.10 Å². The van der Waals surface area contributed by atoms with Crippen molar-refractivity contribution in [3.63, 3.8) is 0 Å². The van der Waals surface area contributed by atoms with Gasteiger partial charge in [0.05, 0.1) is 11.2 Å². The van der Waals surface area contributed by atoms with Gasteiger partial charge in [0.1, 0.15) is 0 Å². The van der Waals surface area contributed by atoms with E-state index in [1.807, 2.05) is 6.92 Å². The molecule has 0 bridgehead atoms. The summed E-state index contributed by atoms with van der Waals surface area (Å²) >= 11 is 0. The topological polar surface area (TPSA) is 43.8 Å². The van der Waals surface area contributed by atoms with Gasteiger partial charge in [-0.25, -0.2) is 0 Å². The first-order chi connectivity index (χ1) is 7.03. The summed E-state index contributed by atoms with van der Waals surface area (Å²) in [4.78, 5) is 0. The first kappa shape index (κ1) is 13.2. The molecule has 2 N–H and O–H groups in total. The van der Waals surface area contributed by atoms with Crippen LogP contribution >= 0.6 is 0 Å². The SMILES string of the molecule is CC(N)c1cc(C(C)(C)C)n(C(C)(C)C)n1. The van der Waals surface area contributed by atoms with Crippen LogP contribution in [0.2, 0.25) is 0 Å². The molecule has 0 aromatic carbocycles. The Labute approximate surface area is 99.0 Å². The molecule has 1 aromatic heterocycles. The second kappa shape index (κ2) is 3.88. The Hall–Kier alpha value is -0.830. The van der Waals surface area contributed by atoms with E-state index in [0.29, 0.717) is 0 Å². The molecule has 0 aliphatic heterocycles. The van der Waals surface area contributed by atoms with Crippen LogP contribution in [0.15, 0.2) is 6.07 Å². The highest BCUT2D eigenvalue weighted by Gasteiger charge is 2.27. The van der Waals surface area contributed by atoms with Gasteiger partial charge in [0.25, 0.3) is 0 Å². The van der Waals surface area contributed by atoms with Crippen LogP contribution in [-0.4, -0.2) is 9.78 Å². The lowest BCUT2D eigenvalue weighted by atomic mass is 9.90. The van der Waals surface area contributed by atoms with Gasteiger partial charge in [0.2, 0.25) is 0 Å². The molecular formula is C13H25N3. The summed E-state index contributed by atoms with van der Waals surface area (Å²) in [5.41, 5.74) is 8.21. The minimum Gasteiger partial charge on any atom is -0.323 e. The van der Waals surface area contributed by atoms with Crippen molar-refractivity contribution in [3.05, 3.63) is 17.5 Å². The largest absolute Gasteiger partial charge is 0.323 e. The predicted octanol–water partition coefficient (Wildman–Crippen LogP) is 2.96. The molecule has 0 saturated heterocycles. The van der Waals surface area contributed by atoms with Crippen LogP contribution in [0.3, 0.4) is 0 Å². The van der Waals surface area contributed by atoms with Crippen molar-refractivity contribution in [2.45, 2.75) is 65.5 Å². The number of nitrogens with zero attached hydrogens (tertiary/aromatic N) is 2. The third-order valence-corrected chi connectivity index (χ3v) is 2.60. The first-order valence-corrected chi connectivity index (χ1v) is 5.90. The molecule has 3 heteroatoms. The quantitative estimate of drug-likeness (QED) is 0.795. The zero-order chi connectivity index (χ0) is 12.7. The van der Waals surface area contributed by atoms with Gasteiger partial charge in [-0.15, -0.1) is 0 Å². The summed E-state index contributed by atoms with van der Waals surface area (Å²) < 4.78 is 2.10. The van der Waals surface area contributed by atoms with Crippen molar-refractivity contribution in [2.24, 2.45) is 5.73 Å². The highest BCUT2D eigenvalue weighted by molar-refractivity contribution is 5.21. The van der Waals surface area contributed by atoms with Gasteiger partial charge >= 0.3 is 0 Å². The minimum atomic E-state index is -0.00954. The van der Waals surface area contributed by atoms with E-state index in [1.54, 1.807) is 0 Å². The fourth-order valence-corrected chi connectivity index (χ4v) is 1.67. The van der Waals surface area contributed by atoms with Crippen LogP contribution in [0.1, 0.15) is 65.9 Å². The summed E-state index contributed by atoms with van der Waals surface area (Å²) in [6.07, 6.45) is 0. The number of nitrogens with two attached hydrogens (primary N) is 1. The lowest BCUT2D eigenvalue weighted by Crippen LogP contribution is -2.30. The monoisotopic (exact) mass is 223 g/mol. The number of rotatable bonds is 1. The van der Waals surface area contributed by atoms with Crippen molar-refractivity contribution < 1.29 is 0 Å². The molecular weight excluding hydrogens is 198 g/mol. The Morgan fingerprint density at radius 3 is 1.94 bits per heavy atom. The van der Waals surface area contributed by atoms with E-state index >= 15 is 0 Å². The van der Waals surface area contributed by atoms with Crippen molar-refractivity contribution in [2.75, 3.05) is 0 Å². The molecule has 3 nitrogen and oxygen atoms in total. The molecule has 1 atom stereocenters. The van der Waals surface area contributed by atoms with Crippen LogP contribution in [0.5, 0.6) is 0 Å². The molecule has 92 valence electrons. The molecule has 0 fully saturated rings. The highest BCUT2D eigenvalue weighted by Crippen LogP contribution is 2.29. The first-order valence-electron chi connectivity index (χ1n) is 5.90. The molecule has 1 unspecified atom stereocenters. The minimum absolute atomic E-state index is 0.00421. The average Bonchev–Trinajstić information content (AvgIpc) is 2.44. The number of hydrogen-bond donors (Lipinski definition) is 1. The highest BCUT2D eigenvalue weighted by atomic mass is 15.3. The molecule has 1 rings (SSSR count). The van der Waals surface area contributed by atoms with Crippen molar-refractivity contribution in [1.29, 1.82) is 0 Å². The van der Waals surface area contributed by atoms with Crippen LogP contribution < -0.4 is 5.73 Å². The standard InChI is InChI=1S/C13H25N3/c1-9(14)10-8-11(12(2,3)4)16(15-10)13(5,6)7/h8-9H,14H2,1-7H3. The lowest BCUT2D eigenvalue weighted by Gasteiger charge is -2.28. The van der Waals surface area contributed by atoms with E-state index in [1.165, 1.54) is 5.69 Å². The number of hydrogen-bond acceptors (Lipinski definition) is 2. The fraction of sp³-hybridized carbons (Fsp3) is 0.769. The number of aromatic nitrogens is 2. The van der Waals surface area contributed by atoms with Crippen LogP contribution in [0, 0.1) is 0 Å². The maximum Gasteiger partial charge on any atom is 0.0792 e. The van der Waals surface area contributed by atoms with Crippen molar-refractivity contribution in [1.82, 2.24) is 9.78 Å². The van der Waals surface area contributed by atoms with Crippen molar-refractivity contribution >= 4 is 0 Å². The summed E-state index contributed by atoms with van der Waals surface area (Å²) in [6, 6.07) is 2.13. The van der Waals surface area contributed by atoms with E-state index in [0.717, 1.165) is 5.69 Å². The molecule has 0 radical (unpaired) electrons. The summed E-state index contributed by atoms with van der Waals surface area (Å²) in [5, 5.41) is 4.64. The average molecular weight is 223 g/mol. The Balaban J connectivity index is 3.36. The molecule has 0 aliphatic rings. The van der Waals surface area contributed by atoms with E-state index in [2.05, 4.69) is 57.4 Å². The van der Waals surface area contributed by atoms with Gasteiger partial charge in [-0.05, 0) is 33.8 Å². The van der Waals surface area contributed by atoms with Crippen LogP contribution in [0.4, 0.5) is 0 Å². The Kier molecular flexibility index (Phi) is 3.21. The molecule has 1 heterocycles. The van der Waals surface area contributed by atoms with Crippen LogP contribution in [-0.2, 0) is 11.0 Å². The maximum atomic E-state index is 5.91. The van der Waals surface area contributed by atoms with Gasteiger partial charge in [0.15, 0.2) is 0 Å². The van der Waals surface area contributed by atoms with E-state index < -0.39 is 0 Å². The summed E-state index contributed by atoms with van der Waals surface area (Å²) in [5.74, 6) is 0. The third-order valence-electron chi connectivity index (χ3n) is 2.60. The van der Waals surface area contributed by atoms with E-state index in [4.69, 9.17) is 5.73 Å².